The van der Waals surface area contributed by atoms with E-state index in [2.05, 4.69) is 0 Å². The second-order valence-electron chi connectivity index (χ2n) is 7.00. The number of hydrogen-bond donors (Lipinski definition) is 1. The fraction of sp³-hybridized carbons (Fsp3) is 0.125. The monoisotopic (exact) mass is 373 g/mol. The molecule has 1 heterocycles. The van der Waals surface area contributed by atoms with E-state index in [0.29, 0.717) is 5.57 Å². The van der Waals surface area contributed by atoms with E-state index in [1.165, 1.54) is 12.1 Å². The van der Waals surface area contributed by atoms with Crippen molar-refractivity contribution in [3.63, 3.8) is 0 Å². The molecule has 3 aromatic carbocycles. The molecule has 1 amide bonds. The van der Waals surface area contributed by atoms with Crippen LogP contribution in [0.25, 0.3) is 5.57 Å². The van der Waals surface area contributed by atoms with Crippen molar-refractivity contribution in [2.75, 3.05) is 0 Å². The van der Waals surface area contributed by atoms with Crippen LogP contribution in [0.2, 0.25) is 0 Å². The van der Waals surface area contributed by atoms with E-state index >= 15 is 0 Å². The number of rotatable bonds is 4. The van der Waals surface area contributed by atoms with E-state index in [1.54, 1.807) is 17.0 Å². The van der Waals surface area contributed by atoms with Crippen LogP contribution in [0, 0.1) is 12.7 Å². The van der Waals surface area contributed by atoms with Crippen molar-refractivity contribution < 1.29 is 14.3 Å². The van der Waals surface area contributed by atoms with Gasteiger partial charge in [0.15, 0.2) is 5.76 Å². The third-order valence-corrected chi connectivity index (χ3v) is 5.01. The first-order chi connectivity index (χ1) is 13.5. The van der Waals surface area contributed by atoms with Gasteiger partial charge in [0.25, 0.3) is 5.91 Å². The lowest BCUT2D eigenvalue weighted by molar-refractivity contribution is -0.130. The molecule has 0 spiro atoms. The van der Waals surface area contributed by atoms with E-state index < -0.39 is 11.9 Å². The highest BCUT2D eigenvalue weighted by molar-refractivity contribution is 6.05. The Morgan fingerprint density at radius 2 is 1.68 bits per heavy atom. The van der Waals surface area contributed by atoms with Crippen molar-refractivity contribution in [1.82, 2.24) is 4.90 Å². The second kappa shape index (κ2) is 7.31. The number of aliphatic hydroxyl groups excluding tert-OH is 1. The van der Waals surface area contributed by atoms with Gasteiger partial charge in [-0.15, -0.1) is 0 Å². The minimum atomic E-state index is -0.422. The lowest BCUT2D eigenvalue weighted by Gasteiger charge is -2.28. The summed E-state index contributed by atoms with van der Waals surface area (Å²) in [5, 5.41) is 10.7. The van der Waals surface area contributed by atoms with Gasteiger partial charge in [0, 0.05) is 12.1 Å². The number of carbonyl (C=O) groups excluding carboxylic acids is 1. The third-order valence-electron chi connectivity index (χ3n) is 5.01. The average Bonchev–Trinajstić information content (AvgIpc) is 2.95. The maximum absolute atomic E-state index is 13.3. The number of amides is 1. The first-order valence-corrected chi connectivity index (χ1v) is 9.15. The molecule has 3 nitrogen and oxygen atoms in total. The molecule has 3 aromatic rings. The Hall–Kier alpha value is -3.40. The molecule has 1 atom stereocenters. The van der Waals surface area contributed by atoms with E-state index in [0.717, 1.165) is 22.3 Å². The van der Waals surface area contributed by atoms with Gasteiger partial charge < -0.3 is 10.0 Å². The molecule has 0 saturated carbocycles. The Bertz CT molecular complexity index is 1040. The highest BCUT2D eigenvalue weighted by atomic mass is 19.1. The van der Waals surface area contributed by atoms with Crippen LogP contribution in [0.1, 0.15) is 28.3 Å². The van der Waals surface area contributed by atoms with Crippen molar-refractivity contribution in [3.8, 4) is 0 Å². The summed E-state index contributed by atoms with van der Waals surface area (Å²) in [6.07, 6.45) is 0. The van der Waals surface area contributed by atoms with Gasteiger partial charge in [-0.3, -0.25) is 4.79 Å². The fourth-order valence-corrected chi connectivity index (χ4v) is 3.70. The zero-order chi connectivity index (χ0) is 19.7. The molecule has 4 heteroatoms. The first-order valence-electron chi connectivity index (χ1n) is 9.15. The molecule has 0 aliphatic carbocycles. The van der Waals surface area contributed by atoms with Crippen molar-refractivity contribution in [2.24, 2.45) is 0 Å². The molecule has 1 aliphatic rings. The molecule has 28 heavy (non-hydrogen) atoms. The van der Waals surface area contributed by atoms with Crippen LogP contribution in [0.15, 0.2) is 84.6 Å². The van der Waals surface area contributed by atoms with Crippen LogP contribution in [0.5, 0.6) is 0 Å². The lowest BCUT2D eigenvalue weighted by Crippen LogP contribution is -2.29. The standard InChI is InChI=1S/C24H20FNO2/c1-16-6-5-9-19(14-16)22-21(18-7-3-2-4-8-18)23(27)24(28)26(22)15-17-10-12-20(25)13-11-17/h2-14,22,27H,15H2,1H3/t22-/m1/s1. The van der Waals surface area contributed by atoms with Crippen LogP contribution >= 0.6 is 0 Å². The summed E-state index contributed by atoms with van der Waals surface area (Å²) < 4.78 is 13.3. The first kappa shape index (κ1) is 18.0. The molecule has 4 rings (SSSR count). The summed E-state index contributed by atoms with van der Waals surface area (Å²) in [5.74, 6) is -0.979. The van der Waals surface area contributed by atoms with E-state index in [1.807, 2.05) is 61.5 Å². The van der Waals surface area contributed by atoms with Gasteiger partial charge in [0.1, 0.15) is 5.82 Å². The van der Waals surface area contributed by atoms with Crippen molar-refractivity contribution in [1.29, 1.82) is 0 Å². The summed E-state index contributed by atoms with van der Waals surface area (Å²) in [4.78, 5) is 14.6. The predicted molar refractivity (Wildman–Crippen MR) is 107 cm³/mol. The summed E-state index contributed by atoms with van der Waals surface area (Å²) in [6.45, 7) is 2.27. The van der Waals surface area contributed by atoms with Gasteiger partial charge >= 0.3 is 0 Å². The molecular formula is C24H20FNO2. The van der Waals surface area contributed by atoms with Gasteiger partial charge in [-0.2, -0.15) is 0 Å². The lowest BCUT2D eigenvalue weighted by atomic mass is 9.92. The van der Waals surface area contributed by atoms with Gasteiger partial charge in [0.2, 0.25) is 0 Å². The Balaban J connectivity index is 1.81. The molecule has 1 aliphatic heterocycles. The third kappa shape index (κ3) is 3.29. The molecular weight excluding hydrogens is 353 g/mol. The van der Waals surface area contributed by atoms with Gasteiger partial charge in [-0.25, -0.2) is 4.39 Å². The molecule has 0 aromatic heterocycles. The molecule has 0 unspecified atom stereocenters. The van der Waals surface area contributed by atoms with Crippen molar-refractivity contribution in [2.45, 2.75) is 19.5 Å². The van der Waals surface area contributed by atoms with Gasteiger partial charge in [-0.1, -0.05) is 72.3 Å². The van der Waals surface area contributed by atoms with E-state index in [4.69, 9.17) is 0 Å². The summed E-state index contributed by atoms with van der Waals surface area (Å²) in [6, 6.07) is 23.0. The van der Waals surface area contributed by atoms with Crippen molar-refractivity contribution in [3.05, 3.63) is 113 Å². The zero-order valence-corrected chi connectivity index (χ0v) is 15.5. The number of carbonyl (C=O) groups is 1. The maximum atomic E-state index is 13.3. The smallest absolute Gasteiger partial charge is 0.290 e. The number of nitrogens with zero attached hydrogens (tertiary/aromatic N) is 1. The fourth-order valence-electron chi connectivity index (χ4n) is 3.70. The highest BCUT2D eigenvalue weighted by Gasteiger charge is 2.40. The second-order valence-corrected chi connectivity index (χ2v) is 7.00. The number of aliphatic hydroxyl groups is 1. The maximum Gasteiger partial charge on any atom is 0.290 e. The molecule has 0 saturated heterocycles. The Labute approximate surface area is 163 Å². The molecule has 0 radical (unpaired) electrons. The Morgan fingerprint density at radius 3 is 2.36 bits per heavy atom. The van der Waals surface area contributed by atoms with Gasteiger partial charge in [-0.05, 0) is 35.7 Å². The molecule has 0 bridgehead atoms. The van der Waals surface area contributed by atoms with Crippen molar-refractivity contribution >= 4 is 11.5 Å². The minimum absolute atomic E-state index is 0.236. The molecule has 1 N–H and O–H groups in total. The largest absolute Gasteiger partial charge is 0.503 e. The quantitative estimate of drug-likeness (QED) is 0.684. The summed E-state index contributed by atoms with van der Waals surface area (Å²) in [7, 11) is 0. The van der Waals surface area contributed by atoms with Crippen LogP contribution < -0.4 is 0 Å². The molecule has 140 valence electrons. The van der Waals surface area contributed by atoms with Crippen LogP contribution in [-0.2, 0) is 11.3 Å². The zero-order valence-electron chi connectivity index (χ0n) is 15.5. The number of benzene rings is 3. The summed E-state index contributed by atoms with van der Waals surface area (Å²) >= 11 is 0. The predicted octanol–water partition coefficient (Wildman–Crippen LogP) is 5.19. The van der Waals surface area contributed by atoms with Gasteiger partial charge in [0.05, 0.1) is 6.04 Å². The minimum Gasteiger partial charge on any atom is -0.503 e. The van der Waals surface area contributed by atoms with E-state index in [-0.39, 0.29) is 18.1 Å². The van der Waals surface area contributed by atoms with E-state index in [9.17, 15) is 14.3 Å². The Kier molecular flexibility index (Phi) is 4.70. The van der Waals surface area contributed by atoms with Crippen LogP contribution in [0.4, 0.5) is 4.39 Å². The number of hydrogen-bond acceptors (Lipinski definition) is 2. The number of aryl methyl sites for hydroxylation is 1. The van der Waals surface area contributed by atoms with Crippen LogP contribution in [-0.4, -0.2) is 15.9 Å². The Morgan fingerprint density at radius 1 is 0.964 bits per heavy atom. The topological polar surface area (TPSA) is 40.5 Å². The molecule has 0 fully saturated rings. The highest BCUT2D eigenvalue weighted by Crippen LogP contribution is 2.43. The summed E-state index contributed by atoms with van der Waals surface area (Å²) in [5.41, 5.74) is 4.21. The SMILES string of the molecule is Cc1cccc([C@@H]2C(c3ccccc3)=C(O)C(=O)N2Cc2ccc(F)cc2)c1. The average molecular weight is 373 g/mol. The normalized spacial score (nSPS) is 16.7. The van der Waals surface area contributed by atoms with Crippen LogP contribution in [0.3, 0.4) is 0 Å². The number of halogens is 1.